The Bertz CT molecular complexity index is 640. The largest absolute Gasteiger partial charge is 0.396 e. The zero-order valence-corrected chi connectivity index (χ0v) is 12.4. The first-order chi connectivity index (χ1) is 10.1. The summed E-state index contributed by atoms with van der Waals surface area (Å²) < 4.78 is 26.5. The van der Waals surface area contributed by atoms with Crippen LogP contribution in [0.25, 0.3) is 0 Å². The van der Waals surface area contributed by atoms with Crippen LogP contribution in [0.1, 0.15) is 18.4 Å². The maximum atomic E-state index is 12.5. The van der Waals surface area contributed by atoms with E-state index in [4.69, 9.17) is 10.2 Å². The summed E-state index contributed by atoms with van der Waals surface area (Å²) in [5.41, 5.74) is 0.454. The fraction of sp³-hybridized carbons (Fsp3) is 0.500. The van der Waals surface area contributed by atoms with Crippen molar-refractivity contribution in [1.29, 1.82) is 0 Å². The molecule has 21 heavy (non-hydrogen) atoms. The zero-order valence-electron chi connectivity index (χ0n) is 11.6. The van der Waals surface area contributed by atoms with Gasteiger partial charge in [-0.2, -0.15) is 4.31 Å². The summed E-state index contributed by atoms with van der Waals surface area (Å²) in [5.74, 6) is 5.29. The van der Waals surface area contributed by atoms with Gasteiger partial charge in [0.05, 0.1) is 0 Å². The number of rotatable bonds is 3. The number of aliphatic hydroxyl groups is 2. The molecular formula is C14H18N2O4S. The highest BCUT2D eigenvalue weighted by Gasteiger charge is 2.29. The van der Waals surface area contributed by atoms with Crippen LogP contribution < -0.4 is 0 Å². The van der Waals surface area contributed by atoms with Crippen LogP contribution in [0.4, 0.5) is 0 Å². The van der Waals surface area contributed by atoms with E-state index < -0.39 is 10.0 Å². The number of piperidine rings is 1. The van der Waals surface area contributed by atoms with Crippen molar-refractivity contribution in [3.8, 4) is 11.8 Å². The molecule has 2 rings (SSSR count). The number of hydrogen-bond donors (Lipinski definition) is 2. The van der Waals surface area contributed by atoms with Gasteiger partial charge in [0, 0.05) is 37.7 Å². The average molecular weight is 310 g/mol. The topological polar surface area (TPSA) is 90.7 Å². The van der Waals surface area contributed by atoms with Crippen LogP contribution in [0.15, 0.2) is 23.4 Å². The maximum absolute atomic E-state index is 12.5. The van der Waals surface area contributed by atoms with Gasteiger partial charge in [0.15, 0.2) is 0 Å². The molecule has 7 heteroatoms. The predicted octanol–water partition coefficient (Wildman–Crippen LogP) is -0.182. The van der Waals surface area contributed by atoms with Gasteiger partial charge in [-0.25, -0.2) is 8.42 Å². The van der Waals surface area contributed by atoms with Crippen LogP contribution >= 0.6 is 0 Å². The van der Waals surface area contributed by atoms with Crippen molar-refractivity contribution in [3.63, 3.8) is 0 Å². The first kappa shape index (κ1) is 15.9. The van der Waals surface area contributed by atoms with Crippen LogP contribution in [0, 0.1) is 17.8 Å². The molecule has 1 fully saturated rings. The molecule has 1 aliphatic heterocycles. The molecule has 6 nitrogen and oxygen atoms in total. The summed E-state index contributed by atoms with van der Waals surface area (Å²) in [6, 6.07) is 1.46. The van der Waals surface area contributed by atoms with E-state index in [1.54, 1.807) is 0 Å². The van der Waals surface area contributed by atoms with E-state index >= 15 is 0 Å². The van der Waals surface area contributed by atoms with Crippen molar-refractivity contribution in [2.24, 2.45) is 5.92 Å². The highest BCUT2D eigenvalue weighted by atomic mass is 32.2. The molecule has 0 bridgehead atoms. The van der Waals surface area contributed by atoms with Crippen molar-refractivity contribution in [3.05, 3.63) is 24.0 Å². The molecule has 2 N–H and O–H groups in total. The predicted molar refractivity (Wildman–Crippen MR) is 76.8 cm³/mol. The molecule has 1 saturated heterocycles. The molecule has 1 aromatic rings. The Morgan fingerprint density at radius 1 is 1.29 bits per heavy atom. The minimum atomic E-state index is -3.58. The summed E-state index contributed by atoms with van der Waals surface area (Å²) in [7, 11) is -3.58. The van der Waals surface area contributed by atoms with E-state index in [-0.39, 0.29) is 24.0 Å². The second-order valence-corrected chi connectivity index (χ2v) is 6.84. The van der Waals surface area contributed by atoms with Gasteiger partial charge >= 0.3 is 0 Å². The highest BCUT2D eigenvalue weighted by Crippen LogP contribution is 2.23. The monoisotopic (exact) mass is 310 g/mol. The van der Waals surface area contributed by atoms with Crippen LogP contribution in [0.3, 0.4) is 0 Å². The van der Waals surface area contributed by atoms with Crippen LogP contribution in [0.2, 0.25) is 0 Å². The van der Waals surface area contributed by atoms with Gasteiger partial charge in [0.25, 0.3) is 0 Å². The SMILES string of the molecule is O=S(=O)(c1cncc(C#CCO)c1)N1CCC(CO)CC1. The fourth-order valence-corrected chi connectivity index (χ4v) is 3.71. The van der Waals surface area contributed by atoms with E-state index in [0.29, 0.717) is 31.5 Å². The molecule has 0 aliphatic carbocycles. The first-order valence-electron chi connectivity index (χ1n) is 6.73. The van der Waals surface area contributed by atoms with Crippen LogP contribution in [-0.4, -0.2) is 54.2 Å². The van der Waals surface area contributed by atoms with E-state index in [2.05, 4.69) is 16.8 Å². The molecule has 0 atom stereocenters. The quantitative estimate of drug-likeness (QED) is 0.756. The number of nitrogens with zero attached hydrogens (tertiary/aromatic N) is 2. The molecule has 1 aliphatic rings. The summed E-state index contributed by atoms with van der Waals surface area (Å²) >= 11 is 0. The smallest absolute Gasteiger partial charge is 0.244 e. The van der Waals surface area contributed by atoms with E-state index in [1.165, 1.54) is 22.8 Å². The molecule has 1 aromatic heterocycles. The third-order valence-electron chi connectivity index (χ3n) is 3.49. The second kappa shape index (κ2) is 7.00. The van der Waals surface area contributed by atoms with Gasteiger partial charge in [-0.15, -0.1) is 0 Å². The zero-order chi connectivity index (χ0) is 15.3. The van der Waals surface area contributed by atoms with Gasteiger partial charge in [0.1, 0.15) is 11.5 Å². The Labute approximate surface area is 124 Å². The van der Waals surface area contributed by atoms with Gasteiger partial charge in [-0.3, -0.25) is 4.98 Å². The second-order valence-electron chi connectivity index (χ2n) is 4.90. The Morgan fingerprint density at radius 3 is 2.62 bits per heavy atom. The number of hydrogen-bond acceptors (Lipinski definition) is 5. The summed E-state index contributed by atoms with van der Waals surface area (Å²) in [6.07, 6.45) is 4.08. The molecule has 2 heterocycles. The Kier molecular flexibility index (Phi) is 5.31. The summed E-state index contributed by atoms with van der Waals surface area (Å²) in [4.78, 5) is 4.01. The van der Waals surface area contributed by atoms with E-state index in [0.717, 1.165) is 0 Å². The third kappa shape index (κ3) is 3.80. The maximum Gasteiger partial charge on any atom is 0.244 e. The number of sulfonamides is 1. The van der Waals surface area contributed by atoms with Gasteiger partial charge in [0.2, 0.25) is 10.0 Å². The van der Waals surface area contributed by atoms with Gasteiger partial charge in [-0.1, -0.05) is 11.8 Å². The lowest BCUT2D eigenvalue weighted by Gasteiger charge is -2.30. The van der Waals surface area contributed by atoms with Crippen LogP contribution in [0.5, 0.6) is 0 Å². The Hall–Kier alpha value is -1.46. The van der Waals surface area contributed by atoms with Gasteiger partial charge < -0.3 is 10.2 Å². The minimum absolute atomic E-state index is 0.0989. The van der Waals surface area contributed by atoms with Crippen molar-refractivity contribution in [2.45, 2.75) is 17.7 Å². The summed E-state index contributed by atoms with van der Waals surface area (Å²) in [6.45, 7) is 0.619. The van der Waals surface area contributed by atoms with E-state index in [9.17, 15) is 8.42 Å². The normalized spacial score (nSPS) is 17.2. The first-order valence-corrected chi connectivity index (χ1v) is 8.17. The molecule has 0 radical (unpaired) electrons. The molecular weight excluding hydrogens is 292 g/mol. The lowest BCUT2D eigenvalue weighted by Crippen LogP contribution is -2.39. The standard InChI is InChI=1S/C14H18N2O4S/c17-7-1-2-13-8-14(10-15-9-13)21(19,20)16-5-3-12(11-18)4-6-16/h8-10,12,17-18H,3-7,11H2. The molecule has 0 unspecified atom stereocenters. The van der Waals surface area contributed by atoms with E-state index in [1.807, 2.05) is 0 Å². The Balaban J connectivity index is 2.20. The third-order valence-corrected chi connectivity index (χ3v) is 5.36. The fourth-order valence-electron chi connectivity index (χ4n) is 2.25. The van der Waals surface area contributed by atoms with Crippen LogP contribution in [-0.2, 0) is 10.0 Å². The van der Waals surface area contributed by atoms with Crippen molar-refractivity contribution in [2.75, 3.05) is 26.3 Å². The summed E-state index contributed by atoms with van der Waals surface area (Å²) in [5, 5.41) is 17.8. The molecule has 0 spiro atoms. The molecule has 114 valence electrons. The minimum Gasteiger partial charge on any atom is -0.396 e. The van der Waals surface area contributed by atoms with Crippen molar-refractivity contribution < 1.29 is 18.6 Å². The highest BCUT2D eigenvalue weighted by molar-refractivity contribution is 7.89. The number of aromatic nitrogens is 1. The average Bonchev–Trinajstić information content (AvgIpc) is 2.53. The molecule has 0 aromatic carbocycles. The lowest BCUT2D eigenvalue weighted by atomic mass is 10.00. The number of pyridine rings is 1. The lowest BCUT2D eigenvalue weighted by molar-refractivity contribution is 0.170. The molecule has 0 saturated carbocycles. The van der Waals surface area contributed by atoms with Crippen molar-refractivity contribution in [1.82, 2.24) is 9.29 Å². The number of aliphatic hydroxyl groups excluding tert-OH is 2. The van der Waals surface area contributed by atoms with Crippen molar-refractivity contribution >= 4 is 10.0 Å². The Morgan fingerprint density at radius 2 is 2.00 bits per heavy atom. The van der Waals surface area contributed by atoms with Gasteiger partial charge in [-0.05, 0) is 24.8 Å². The molecule has 0 amide bonds.